The molecule has 0 unspecified atom stereocenters. The summed E-state index contributed by atoms with van der Waals surface area (Å²) >= 11 is 0. The van der Waals surface area contributed by atoms with E-state index in [1.165, 1.54) is 19.3 Å². The molecule has 0 bridgehead atoms. The van der Waals surface area contributed by atoms with E-state index < -0.39 is 0 Å². The van der Waals surface area contributed by atoms with Crippen molar-refractivity contribution in [1.29, 1.82) is 0 Å². The number of methoxy groups -OCH3 is 1. The van der Waals surface area contributed by atoms with E-state index in [-0.39, 0.29) is 0 Å². The summed E-state index contributed by atoms with van der Waals surface area (Å²) in [7, 11) is 1.83. The topological polar surface area (TPSA) is 27.1 Å². The van der Waals surface area contributed by atoms with Gasteiger partial charge in [-0.2, -0.15) is 0 Å². The molecule has 1 heterocycles. The van der Waals surface area contributed by atoms with Gasteiger partial charge in [0.2, 0.25) is 0 Å². The van der Waals surface area contributed by atoms with Gasteiger partial charge in [-0.3, -0.25) is 0 Å². The maximum atomic E-state index is 5.56. The van der Waals surface area contributed by atoms with E-state index in [4.69, 9.17) is 4.74 Å². The van der Waals surface area contributed by atoms with Crippen LogP contribution in [-0.4, -0.2) is 22.8 Å². The predicted octanol–water partition coefficient (Wildman–Crippen LogP) is 3.89. The van der Waals surface area contributed by atoms with E-state index in [0.717, 1.165) is 19.4 Å². The maximum Gasteiger partial charge on any atom is 0.0945 e. The predicted molar refractivity (Wildman–Crippen MR) is 75.6 cm³/mol. The van der Waals surface area contributed by atoms with Crippen LogP contribution in [0.2, 0.25) is 0 Å². The van der Waals surface area contributed by atoms with Crippen molar-refractivity contribution < 1.29 is 4.74 Å². The van der Waals surface area contributed by atoms with Gasteiger partial charge in [0, 0.05) is 26.0 Å². The van der Waals surface area contributed by atoms with E-state index >= 15 is 0 Å². The summed E-state index contributed by atoms with van der Waals surface area (Å²) < 4.78 is 7.69. The molecule has 18 heavy (non-hydrogen) atoms. The van der Waals surface area contributed by atoms with Gasteiger partial charge in [-0.1, -0.05) is 27.2 Å². The van der Waals surface area contributed by atoms with Crippen LogP contribution in [0.5, 0.6) is 0 Å². The molecule has 0 aromatic carbocycles. The van der Waals surface area contributed by atoms with E-state index in [0.29, 0.717) is 11.5 Å². The van der Waals surface area contributed by atoms with Crippen molar-refractivity contribution in [2.75, 3.05) is 7.11 Å². The summed E-state index contributed by atoms with van der Waals surface area (Å²) in [6.45, 7) is 7.94. The van der Waals surface area contributed by atoms with Crippen molar-refractivity contribution in [2.45, 2.75) is 65.5 Å². The van der Waals surface area contributed by atoms with Crippen LogP contribution in [0.15, 0.2) is 18.7 Å². The van der Waals surface area contributed by atoms with Crippen LogP contribution in [-0.2, 0) is 11.3 Å². The first-order valence-corrected chi connectivity index (χ1v) is 7.00. The third kappa shape index (κ3) is 6.80. The normalized spacial score (nSPS) is 13.8. The number of hydrogen-bond donors (Lipinski definition) is 0. The molecule has 0 aliphatic carbocycles. The Labute approximate surface area is 112 Å². The molecule has 3 heteroatoms. The Bertz CT molecular complexity index is 301. The lowest BCUT2D eigenvalue weighted by atomic mass is 9.89. The van der Waals surface area contributed by atoms with Gasteiger partial charge in [-0.05, 0) is 31.1 Å². The zero-order chi connectivity index (χ0) is 13.4. The van der Waals surface area contributed by atoms with Gasteiger partial charge in [0.15, 0.2) is 0 Å². The van der Waals surface area contributed by atoms with Gasteiger partial charge in [0.05, 0.1) is 12.4 Å². The molecule has 1 aromatic rings. The second-order valence-corrected chi connectivity index (χ2v) is 6.25. The van der Waals surface area contributed by atoms with Gasteiger partial charge in [0.25, 0.3) is 0 Å². The second-order valence-electron chi connectivity index (χ2n) is 6.25. The molecule has 3 nitrogen and oxygen atoms in total. The molecule has 0 radical (unpaired) electrons. The van der Waals surface area contributed by atoms with Crippen LogP contribution in [0.3, 0.4) is 0 Å². The summed E-state index contributed by atoms with van der Waals surface area (Å²) in [4.78, 5) is 4.05. The fraction of sp³-hybridized carbons (Fsp3) is 0.800. The summed E-state index contributed by atoms with van der Waals surface area (Å²) in [5, 5.41) is 0. The zero-order valence-electron chi connectivity index (χ0n) is 12.4. The summed E-state index contributed by atoms with van der Waals surface area (Å²) in [5.74, 6) is 0. The monoisotopic (exact) mass is 252 g/mol. The standard InChI is InChI=1S/C15H28N2O/c1-15(2,3)9-5-7-14(18-4)8-6-11-17-12-10-16-13-17/h10,12-14H,5-9,11H2,1-4H3/t14-/m0/s1. The van der Waals surface area contributed by atoms with Crippen LogP contribution < -0.4 is 0 Å². The third-order valence-electron chi connectivity index (χ3n) is 3.29. The fourth-order valence-electron chi connectivity index (χ4n) is 2.16. The number of ether oxygens (including phenoxy) is 1. The van der Waals surface area contributed by atoms with E-state index in [1.54, 1.807) is 0 Å². The van der Waals surface area contributed by atoms with Crippen LogP contribution >= 0.6 is 0 Å². The Balaban J connectivity index is 2.13. The Hall–Kier alpha value is -0.830. The first-order chi connectivity index (χ1) is 8.51. The number of imidazole rings is 1. The molecule has 104 valence electrons. The Morgan fingerprint density at radius 2 is 1.94 bits per heavy atom. The molecule has 0 amide bonds. The zero-order valence-corrected chi connectivity index (χ0v) is 12.4. The molecule has 0 aliphatic rings. The average molecular weight is 252 g/mol. The summed E-state index contributed by atoms with van der Waals surface area (Å²) in [6, 6.07) is 0. The molecule has 0 saturated heterocycles. The first kappa shape index (κ1) is 15.2. The molecular formula is C15H28N2O. The lowest BCUT2D eigenvalue weighted by molar-refractivity contribution is 0.0805. The van der Waals surface area contributed by atoms with Crippen molar-refractivity contribution in [2.24, 2.45) is 5.41 Å². The van der Waals surface area contributed by atoms with Gasteiger partial charge in [-0.15, -0.1) is 0 Å². The van der Waals surface area contributed by atoms with Crippen molar-refractivity contribution in [1.82, 2.24) is 9.55 Å². The molecule has 1 atom stereocenters. The Morgan fingerprint density at radius 1 is 1.22 bits per heavy atom. The summed E-state index contributed by atoms with van der Waals surface area (Å²) in [6.07, 6.45) is 12.1. The second kappa shape index (κ2) is 7.57. The average Bonchev–Trinajstić information content (AvgIpc) is 2.78. The van der Waals surface area contributed by atoms with Gasteiger partial charge in [0.1, 0.15) is 0 Å². The highest BCUT2D eigenvalue weighted by atomic mass is 16.5. The number of aryl methyl sites for hydroxylation is 1. The Kier molecular flexibility index (Phi) is 6.41. The lowest BCUT2D eigenvalue weighted by Gasteiger charge is -2.20. The highest BCUT2D eigenvalue weighted by molar-refractivity contribution is 4.74. The summed E-state index contributed by atoms with van der Waals surface area (Å²) in [5.41, 5.74) is 0.440. The quantitative estimate of drug-likeness (QED) is 0.701. The van der Waals surface area contributed by atoms with Crippen LogP contribution in [0.1, 0.15) is 52.9 Å². The van der Waals surface area contributed by atoms with Crippen molar-refractivity contribution in [3.05, 3.63) is 18.7 Å². The largest absolute Gasteiger partial charge is 0.381 e. The van der Waals surface area contributed by atoms with Crippen molar-refractivity contribution in [3.8, 4) is 0 Å². The first-order valence-electron chi connectivity index (χ1n) is 7.00. The highest BCUT2D eigenvalue weighted by Crippen LogP contribution is 2.23. The molecule has 1 aromatic heterocycles. The van der Waals surface area contributed by atoms with Gasteiger partial charge >= 0.3 is 0 Å². The number of rotatable bonds is 8. The Morgan fingerprint density at radius 3 is 2.50 bits per heavy atom. The number of nitrogens with zero attached hydrogens (tertiary/aromatic N) is 2. The molecule has 0 saturated carbocycles. The minimum Gasteiger partial charge on any atom is -0.381 e. The minimum absolute atomic E-state index is 0.413. The molecule has 1 rings (SSSR count). The number of hydrogen-bond acceptors (Lipinski definition) is 2. The van der Waals surface area contributed by atoms with Crippen molar-refractivity contribution >= 4 is 0 Å². The van der Waals surface area contributed by atoms with Crippen LogP contribution in [0, 0.1) is 5.41 Å². The molecule has 0 spiro atoms. The van der Waals surface area contributed by atoms with Crippen LogP contribution in [0.25, 0.3) is 0 Å². The fourth-order valence-corrected chi connectivity index (χ4v) is 2.16. The smallest absolute Gasteiger partial charge is 0.0945 e. The molecule has 0 N–H and O–H groups in total. The van der Waals surface area contributed by atoms with Gasteiger partial charge < -0.3 is 9.30 Å². The van der Waals surface area contributed by atoms with Gasteiger partial charge in [-0.25, -0.2) is 4.98 Å². The van der Waals surface area contributed by atoms with Crippen molar-refractivity contribution in [3.63, 3.8) is 0 Å². The lowest BCUT2D eigenvalue weighted by Crippen LogP contribution is -2.13. The molecule has 0 aliphatic heterocycles. The van der Waals surface area contributed by atoms with E-state index in [1.807, 2.05) is 25.8 Å². The highest BCUT2D eigenvalue weighted by Gasteiger charge is 2.12. The van der Waals surface area contributed by atoms with E-state index in [2.05, 4.69) is 30.3 Å². The number of aromatic nitrogens is 2. The van der Waals surface area contributed by atoms with Crippen LogP contribution in [0.4, 0.5) is 0 Å². The SMILES string of the molecule is CO[C@H](CCCn1ccnc1)CCCC(C)(C)C. The van der Waals surface area contributed by atoms with E-state index in [9.17, 15) is 0 Å². The molecular weight excluding hydrogens is 224 g/mol. The molecule has 0 fully saturated rings. The third-order valence-corrected chi connectivity index (χ3v) is 3.29. The maximum absolute atomic E-state index is 5.56. The minimum atomic E-state index is 0.413.